The van der Waals surface area contributed by atoms with E-state index in [-0.39, 0.29) is 12.5 Å². The fraction of sp³-hybridized carbons (Fsp3) is 0.222. The average molecular weight is 381 g/mol. The highest BCUT2D eigenvalue weighted by Crippen LogP contribution is 2.29. The molecule has 1 amide bonds. The normalized spacial score (nSPS) is 10.7. The van der Waals surface area contributed by atoms with Gasteiger partial charge in [-0.25, -0.2) is 0 Å². The topological polar surface area (TPSA) is 51.1 Å². The third-order valence-corrected chi connectivity index (χ3v) is 3.94. The third kappa shape index (κ3) is 5.11. The maximum absolute atomic E-state index is 12.3. The summed E-state index contributed by atoms with van der Waals surface area (Å²) in [5, 5.41) is 4.50. The van der Waals surface area contributed by atoms with Crippen molar-refractivity contribution in [3.63, 3.8) is 0 Å². The van der Waals surface area contributed by atoms with E-state index in [1.165, 1.54) is 7.11 Å². The molecule has 0 unspecified atom stereocenters. The van der Waals surface area contributed by atoms with Crippen LogP contribution in [0, 0.1) is 0 Å². The average Bonchev–Trinajstić information content (AvgIpc) is 2.61. The maximum Gasteiger partial charge on any atom is 0.272 e. The maximum atomic E-state index is 12.3. The molecule has 0 aromatic heterocycles. The molecule has 25 heavy (non-hydrogen) atoms. The van der Waals surface area contributed by atoms with E-state index >= 15 is 0 Å². The first-order chi connectivity index (χ1) is 12.1. The lowest BCUT2D eigenvalue weighted by atomic mass is 10.1. The first-order valence-corrected chi connectivity index (χ1v) is 8.36. The Morgan fingerprint density at radius 3 is 2.68 bits per heavy atom. The summed E-state index contributed by atoms with van der Waals surface area (Å²) in [5.74, 6) is 0.248. The first-order valence-electron chi connectivity index (χ1n) is 7.60. The van der Waals surface area contributed by atoms with Gasteiger partial charge in [-0.2, -0.15) is 0 Å². The number of para-hydroxylation sites is 1. The lowest BCUT2D eigenvalue weighted by molar-refractivity contribution is -0.112. The quantitative estimate of drug-likeness (QED) is 0.522. The van der Waals surface area contributed by atoms with Gasteiger partial charge in [-0.15, -0.1) is 0 Å². The lowest BCUT2D eigenvalue weighted by Crippen LogP contribution is -2.32. The third-order valence-electron chi connectivity index (χ3n) is 3.41. The minimum Gasteiger partial charge on any atom is -0.487 e. The molecule has 0 bridgehead atoms. The number of hydrogen-bond acceptors (Lipinski definition) is 4. The second kappa shape index (κ2) is 9.30. The summed E-state index contributed by atoms with van der Waals surface area (Å²) in [6, 6.07) is 12.5. The zero-order chi connectivity index (χ0) is 18.2. The van der Waals surface area contributed by atoms with E-state index in [0.29, 0.717) is 22.3 Å². The van der Waals surface area contributed by atoms with Gasteiger partial charge in [0.15, 0.2) is 0 Å². The summed E-state index contributed by atoms with van der Waals surface area (Å²) in [6.45, 7) is 2.61. The van der Waals surface area contributed by atoms with Crippen LogP contribution in [0.1, 0.15) is 12.5 Å². The number of rotatable bonds is 7. The van der Waals surface area contributed by atoms with Gasteiger partial charge < -0.3 is 14.5 Å². The van der Waals surface area contributed by atoms with Gasteiger partial charge in [0, 0.05) is 17.1 Å². The van der Waals surface area contributed by atoms with Crippen molar-refractivity contribution < 1.29 is 14.4 Å². The number of halogens is 2. The molecule has 0 atom stereocenters. The molecule has 132 valence electrons. The van der Waals surface area contributed by atoms with E-state index in [4.69, 9.17) is 27.9 Å². The van der Waals surface area contributed by atoms with E-state index in [1.807, 2.05) is 31.2 Å². The second-order valence-electron chi connectivity index (χ2n) is 4.99. The molecule has 0 aliphatic carbocycles. The molecule has 0 radical (unpaired) electrons. The second-order valence-corrected chi connectivity index (χ2v) is 5.84. The van der Waals surface area contributed by atoms with Crippen LogP contribution in [-0.2, 0) is 16.2 Å². The number of benzene rings is 2. The largest absolute Gasteiger partial charge is 0.487 e. The Morgan fingerprint density at radius 1 is 1.24 bits per heavy atom. The Hall–Kier alpha value is -2.24. The Balaban J connectivity index is 2.21. The van der Waals surface area contributed by atoms with Gasteiger partial charge in [0.2, 0.25) is 0 Å². The molecule has 5 nitrogen and oxygen atoms in total. The van der Waals surface area contributed by atoms with Crippen LogP contribution in [-0.4, -0.2) is 25.8 Å². The van der Waals surface area contributed by atoms with E-state index in [0.717, 1.165) is 17.5 Å². The molecular weight excluding hydrogens is 363 g/mol. The molecule has 0 aliphatic heterocycles. The van der Waals surface area contributed by atoms with Crippen LogP contribution < -0.4 is 9.64 Å². The van der Waals surface area contributed by atoms with Crippen molar-refractivity contribution in [2.24, 2.45) is 5.16 Å². The van der Waals surface area contributed by atoms with Crippen molar-refractivity contribution >= 4 is 41.0 Å². The van der Waals surface area contributed by atoms with E-state index in [2.05, 4.69) is 9.99 Å². The fourth-order valence-corrected chi connectivity index (χ4v) is 2.72. The minimum atomic E-state index is -0.277. The number of carbonyl (C=O) groups excluding carboxylic acids is 1. The molecule has 0 fully saturated rings. The van der Waals surface area contributed by atoms with Crippen LogP contribution in [0.4, 0.5) is 5.69 Å². The van der Waals surface area contributed by atoms with Gasteiger partial charge in [-0.05, 0) is 31.2 Å². The minimum absolute atomic E-state index is 0.253. The predicted molar refractivity (Wildman–Crippen MR) is 101 cm³/mol. The molecule has 0 saturated heterocycles. The highest BCUT2D eigenvalue weighted by atomic mass is 35.5. The van der Waals surface area contributed by atoms with Crippen LogP contribution in [0.2, 0.25) is 10.0 Å². The Bertz CT molecular complexity index is 766. The van der Waals surface area contributed by atoms with Gasteiger partial charge in [-0.3, -0.25) is 4.79 Å². The van der Waals surface area contributed by atoms with Crippen molar-refractivity contribution in [2.45, 2.75) is 13.5 Å². The zero-order valence-electron chi connectivity index (χ0n) is 13.9. The number of oxime groups is 1. The van der Waals surface area contributed by atoms with E-state index < -0.39 is 0 Å². The van der Waals surface area contributed by atoms with Crippen molar-refractivity contribution in [1.82, 2.24) is 0 Å². The van der Waals surface area contributed by atoms with Crippen molar-refractivity contribution in [2.75, 3.05) is 18.6 Å². The molecule has 0 N–H and O–H groups in total. The number of anilines is 1. The Kier molecular flexibility index (Phi) is 7.10. The molecule has 0 heterocycles. The van der Waals surface area contributed by atoms with Crippen LogP contribution in [0.3, 0.4) is 0 Å². The van der Waals surface area contributed by atoms with Crippen molar-refractivity contribution in [3.8, 4) is 5.75 Å². The number of ether oxygens (including phenoxy) is 1. The van der Waals surface area contributed by atoms with Gasteiger partial charge >= 0.3 is 0 Å². The Morgan fingerprint density at radius 2 is 2.00 bits per heavy atom. The summed E-state index contributed by atoms with van der Waals surface area (Å²) in [4.78, 5) is 18.4. The summed E-state index contributed by atoms with van der Waals surface area (Å²) in [6.07, 6.45) is 1.14. The molecule has 0 aliphatic rings. The molecule has 2 aromatic carbocycles. The molecular formula is C18H18Cl2N2O3. The molecule has 0 saturated carbocycles. The van der Waals surface area contributed by atoms with Gasteiger partial charge in [0.05, 0.1) is 10.7 Å². The molecule has 2 rings (SSSR count). The molecule has 0 spiro atoms. The highest BCUT2D eigenvalue weighted by molar-refractivity contribution is 6.35. The zero-order valence-corrected chi connectivity index (χ0v) is 15.4. The van der Waals surface area contributed by atoms with Crippen molar-refractivity contribution in [1.29, 1.82) is 0 Å². The predicted octanol–water partition coefficient (Wildman–Crippen LogP) is 4.56. The SMILES string of the molecule is CCN(C(=O)C=NOC)c1ccccc1COc1ccc(Cl)cc1Cl. The van der Waals surface area contributed by atoms with E-state index in [9.17, 15) is 4.79 Å². The van der Waals surface area contributed by atoms with Crippen molar-refractivity contribution in [3.05, 3.63) is 58.1 Å². The highest BCUT2D eigenvalue weighted by Gasteiger charge is 2.16. The van der Waals surface area contributed by atoms with Gasteiger partial charge in [0.25, 0.3) is 5.91 Å². The lowest BCUT2D eigenvalue weighted by Gasteiger charge is -2.22. The number of amides is 1. The Labute approximate surface area is 156 Å². The first kappa shape index (κ1) is 19.1. The summed E-state index contributed by atoms with van der Waals surface area (Å²) in [7, 11) is 1.39. The smallest absolute Gasteiger partial charge is 0.272 e. The number of nitrogens with zero attached hydrogens (tertiary/aromatic N) is 2. The molecule has 2 aromatic rings. The molecule has 7 heteroatoms. The number of hydrogen-bond donors (Lipinski definition) is 0. The van der Waals surface area contributed by atoms with Crippen LogP contribution >= 0.6 is 23.2 Å². The monoisotopic (exact) mass is 380 g/mol. The van der Waals surface area contributed by atoms with E-state index in [1.54, 1.807) is 23.1 Å². The van der Waals surface area contributed by atoms with Crippen LogP contribution in [0.5, 0.6) is 5.75 Å². The number of carbonyl (C=O) groups is 1. The van der Waals surface area contributed by atoms with Gasteiger partial charge in [-0.1, -0.05) is 46.6 Å². The van der Waals surface area contributed by atoms with Crippen LogP contribution in [0.15, 0.2) is 47.6 Å². The summed E-state index contributed by atoms with van der Waals surface area (Å²) >= 11 is 12.0. The van der Waals surface area contributed by atoms with Crippen LogP contribution in [0.25, 0.3) is 0 Å². The summed E-state index contributed by atoms with van der Waals surface area (Å²) in [5.41, 5.74) is 1.58. The van der Waals surface area contributed by atoms with Gasteiger partial charge in [0.1, 0.15) is 25.7 Å². The standard InChI is InChI=1S/C18H18Cl2N2O3/c1-3-22(18(23)11-21-24-2)16-7-5-4-6-13(16)12-25-17-9-8-14(19)10-15(17)20/h4-11H,3,12H2,1-2H3. The fourth-order valence-electron chi connectivity index (χ4n) is 2.26. The summed E-state index contributed by atoms with van der Waals surface area (Å²) < 4.78 is 5.79.